The molecule has 1 aromatic heterocycles. The van der Waals surface area contributed by atoms with Crippen LogP contribution in [0.15, 0.2) is 21.3 Å². The highest BCUT2D eigenvalue weighted by atomic mass is 79.9. The van der Waals surface area contributed by atoms with Crippen molar-refractivity contribution < 1.29 is 4.74 Å². The Kier molecular flexibility index (Phi) is 3.13. The summed E-state index contributed by atoms with van der Waals surface area (Å²) >= 11 is 12.5. The van der Waals surface area contributed by atoms with Crippen molar-refractivity contribution in [1.82, 2.24) is 9.97 Å². The van der Waals surface area contributed by atoms with E-state index in [0.717, 1.165) is 11.0 Å². The van der Waals surface area contributed by atoms with E-state index in [1.165, 1.54) is 0 Å². The lowest BCUT2D eigenvalue weighted by atomic mass is 10.3. The van der Waals surface area contributed by atoms with Crippen molar-refractivity contribution in [2.45, 2.75) is 0 Å². The third kappa shape index (κ3) is 2.09. The smallest absolute Gasteiger partial charge is 0.139 e. The summed E-state index contributed by atoms with van der Waals surface area (Å²) in [6.45, 7) is 0. The van der Waals surface area contributed by atoms with E-state index in [2.05, 4.69) is 41.8 Å². The van der Waals surface area contributed by atoms with Crippen LogP contribution >= 0.6 is 43.5 Å². The van der Waals surface area contributed by atoms with Crippen LogP contribution < -0.4 is 4.74 Å². The number of aromatic nitrogens is 2. The molecule has 3 nitrogen and oxygen atoms in total. The third-order valence-corrected chi connectivity index (χ3v) is 3.79. The number of ether oxygens (including phenoxy) is 1. The van der Waals surface area contributed by atoms with Gasteiger partial charge >= 0.3 is 0 Å². The van der Waals surface area contributed by atoms with E-state index in [4.69, 9.17) is 16.3 Å². The zero-order valence-corrected chi connectivity index (χ0v) is 11.5. The van der Waals surface area contributed by atoms with Gasteiger partial charge in [0.25, 0.3) is 0 Å². The summed E-state index contributed by atoms with van der Waals surface area (Å²) in [5.74, 6) is 0.590. The normalized spacial score (nSPS) is 10.7. The highest BCUT2D eigenvalue weighted by Crippen LogP contribution is 2.30. The summed E-state index contributed by atoms with van der Waals surface area (Å²) in [6, 6.07) is 3.47. The van der Waals surface area contributed by atoms with Crippen LogP contribution in [0.1, 0.15) is 0 Å². The van der Waals surface area contributed by atoms with Gasteiger partial charge in [0.05, 0.1) is 23.2 Å². The van der Waals surface area contributed by atoms with Crippen LogP contribution in [-0.2, 0) is 0 Å². The Labute approximate surface area is 108 Å². The number of hydrogen-bond donors (Lipinski definition) is 0. The van der Waals surface area contributed by atoms with Crippen molar-refractivity contribution in [3.63, 3.8) is 0 Å². The Morgan fingerprint density at radius 3 is 2.20 bits per heavy atom. The second kappa shape index (κ2) is 4.23. The van der Waals surface area contributed by atoms with Gasteiger partial charge in [-0.2, -0.15) is 0 Å². The van der Waals surface area contributed by atoms with Crippen molar-refractivity contribution in [3.05, 3.63) is 26.4 Å². The second-order valence-corrected chi connectivity index (χ2v) is 4.69. The van der Waals surface area contributed by atoms with Gasteiger partial charge in [-0.3, -0.25) is 0 Å². The lowest BCUT2D eigenvalue weighted by molar-refractivity contribution is 0.415. The molecule has 0 amide bonds. The Morgan fingerprint density at radius 1 is 1.13 bits per heavy atom. The summed E-state index contributed by atoms with van der Waals surface area (Å²) in [7, 11) is 1.56. The minimum atomic E-state index is 0.522. The lowest BCUT2D eigenvalue weighted by Crippen LogP contribution is -1.90. The third-order valence-electron chi connectivity index (χ3n) is 1.86. The summed E-state index contributed by atoms with van der Waals surface area (Å²) in [5.41, 5.74) is 1.45. The SMILES string of the molecule is COc1cc2nc(Br)c(Br)nc2cc1Cl. The molecule has 78 valence electrons. The maximum atomic E-state index is 5.98. The molecule has 0 unspecified atom stereocenters. The fraction of sp³-hybridized carbons (Fsp3) is 0.111. The van der Waals surface area contributed by atoms with E-state index in [-0.39, 0.29) is 0 Å². The Balaban J connectivity index is 2.76. The van der Waals surface area contributed by atoms with E-state index < -0.39 is 0 Å². The molecule has 0 aliphatic rings. The Bertz CT molecular complexity index is 533. The molecule has 0 aliphatic carbocycles. The first-order valence-corrected chi connectivity index (χ1v) is 5.94. The lowest BCUT2D eigenvalue weighted by Gasteiger charge is -2.05. The molecule has 0 saturated heterocycles. The molecule has 0 fully saturated rings. The maximum Gasteiger partial charge on any atom is 0.139 e. The van der Waals surface area contributed by atoms with E-state index >= 15 is 0 Å². The first-order chi connectivity index (χ1) is 7.11. The molecule has 2 rings (SSSR count). The molecule has 6 heteroatoms. The van der Waals surface area contributed by atoms with E-state index in [9.17, 15) is 0 Å². The van der Waals surface area contributed by atoms with Gasteiger partial charge in [0.1, 0.15) is 15.0 Å². The van der Waals surface area contributed by atoms with Crippen LogP contribution in [-0.4, -0.2) is 17.1 Å². The van der Waals surface area contributed by atoms with E-state index in [0.29, 0.717) is 20.0 Å². The van der Waals surface area contributed by atoms with Gasteiger partial charge in [-0.05, 0) is 37.9 Å². The molecule has 2 aromatic rings. The predicted molar refractivity (Wildman–Crippen MR) is 66.5 cm³/mol. The van der Waals surface area contributed by atoms with Gasteiger partial charge in [-0.15, -0.1) is 0 Å². The van der Waals surface area contributed by atoms with Gasteiger partial charge < -0.3 is 4.74 Å². The topological polar surface area (TPSA) is 35.0 Å². The van der Waals surface area contributed by atoms with Crippen molar-refractivity contribution in [1.29, 1.82) is 0 Å². The zero-order valence-electron chi connectivity index (χ0n) is 7.59. The standard InChI is InChI=1S/C9H5Br2ClN2O/c1-15-7-3-6-5(2-4(7)12)13-8(10)9(11)14-6/h2-3H,1H3. The number of nitrogens with zero attached hydrogens (tertiary/aromatic N) is 2. The molecule has 15 heavy (non-hydrogen) atoms. The van der Waals surface area contributed by atoms with Crippen molar-refractivity contribution >= 4 is 54.5 Å². The second-order valence-electron chi connectivity index (χ2n) is 2.78. The van der Waals surface area contributed by atoms with Crippen LogP contribution in [0, 0.1) is 0 Å². The number of benzene rings is 1. The molecule has 0 bridgehead atoms. The molecular formula is C9H5Br2ClN2O. The molecular weight excluding hydrogens is 347 g/mol. The average molecular weight is 352 g/mol. The van der Waals surface area contributed by atoms with Crippen molar-refractivity contribution in [2.24, 2.45) is 0 Å². The van der Waals surface area contributed by atoms with Crippen LogP contribution in [0.4, 0.5) is 0 Å². The van der Waals surface area contributed by atoms with E-state index in [1.807, 2.05) is 0 Å². The van der Waals surface area contributed by atoms with Crippen molar-refractivity contribution in [3.8, 4) is 5.75 Å². The average Bonchev–Trinajstić information content (AvgIpc) is 2.20. The highest BCUT2D eigenvalue weighted by Gasteiger charge is 2.08. The van der Waals surface area contributed by atoms with Gasteiger partial charge in [-0.25, -0.2) is 9.97 Å². The molecule has 0 saturated carbocycles. The van der Waals surface area contributed by atoms with Crippen LogP contribution in [0.5, 0.6) is 5.75 Å². The quantitative estimate of drug-likeness (QED) is 0.783. The minimum absolute atomic E-state index is 0.522. The monoisotopic (exact) mass is 350 g/mol. The van der Waals surface area contributed by atoms with E-state index in [1.54, 1.807) is 19.2 Å². The van der Waals surface area contributed by atoms with Crippen molar-refractivity contribution in [2.75, 3.05) is 7.11 Å². The van der Waals surface area contributed by atoms with Crippen LogP contribution in [0.2, 0.25) is 5.02 Å². The number of methoxy groups -OCH3 is 1. The molecule has 0 spiro atoms. The molecule has 1 heterocycles. The fourth-order valence-corrected chi connectivity index (χ4v) is 1.97. The Hall–Kier alpha value is -0.390. The fourth-order valence-electron chi connectivity index (χ4n) is 1.17. The largest absolute Gasteiger partial charge is 0.495 e. The molecule has 0 atom stereocenters. The zero-order chi connectivity index (χ0) is 11.0. The minimum Gasteiger partial charge on any atom is -0.495 e. The highest BCUT2D eigenvalue weighted by molar-refractivity contribution is 9.13. The molecule has 0 radical (unpaired) electrons. The van der Waals surface area contributed by atoms with Gasteiger partial charge in [0, 0.05) is 6.07 Å². The molecule has 1 aromatic carbocycles. The summed E-state index contributed by atoms with van der Waals surface area (Å²) in [4.78, 5) is 8.57. The molecule has 0 N–H and O–H groups in total. The van der Waals surface area contributed by atoms with Crippen LogP contribution in [0.25, 0.3) is 11.0 Å². The number of halogens is 3. The van der Waals surface area contributed by atoms with Gasteiger partial charge in [0.15, 0.2) is 0 Å². The first-order valence-electron chi connectivity index (χ1n) is 3.98. The number of rotatable bonds is 1. The molecule has 0 aliphatic heterocycles. The Morgan fingerprint density at radius 2 is 1.67 bits per heavy atom. The maximum absolute atomic E-state index is 5.98. The summed E-state index contributed by atoms with van der Waals surface area (Å²) in [5, 5.41) is 0.522. The van der Waals surface area contributed by atoms with Gasteiger partial charge in [0.2, 0.25) is 0 Å². The predicted octanol–water partition coefficient (Wildman–Crippen LogP) is 3.82. The number of hydrogen-bond acceptors (Lipinski definition) is 3. The first kappa shape index (κ1) is 11.1. The van der Waals surface area contributed by atoms with Gasteiger partial charge in [-0.1, -0.05) is 11.6 Å². The number of fused-ring (bicyclic) bond motifs is 1. The summed E-state index contributed by atoms with van der Waals surface area (Å²) < 4.78 is 6.40. The summed E-state index contributed by atoms with van der Waals surface area (Å²) in [6.07, 6.45) is 0. The van der Waals surface area contributed by atoms with Crippen LogP contribution in [0.3, 0.4) is 0 Å².